The average molecular weight is 486 g/mol. The normalized spacial score (nSPS) is 10.9. The van der Waals surface area contributed by atoms with Gasteiger partial charge in [-0.05, 0) is 54.1 Å². The highest BCUT2D eigenvalue weighted by molar-refractivity contribution is 7.98. The van der Waals surface area contributed by atoms with Crippen molar-refractivity contribution in [1.82, 2.24) is 24.9 Å². The van der Waals surface area contributed by atoms with Crippen molar-refractivity contribution in [3.63, 3.8) is 0 Å². The van der Waals surface area contributed by atoms with Crippen molar-refractivity contribution >= 4 is 11.8 Å². The van der Waals surface area contributed by atoms with E-state index in [9.17, 15) is 0 Å². The van der Waals surface area contributed by atoms with E-state index in [2.05, 4.69) is 20.3 Å². The van der Waals surface area contributed by atoms with Crippen molar-refractivity contribution in [2.75, 3.05) is 14.2 Å². The first-order valence-electron chi connectivity index (χ1n) is 11.0. The fraction of sp³-hybridized carbons (Fsp3) is 0.154. The zero-order chi connectivity index (χ0) is 24.0. The van der Waals surface area contributed by atoms with E-state index in [0.29, 0.717) is 29.0 Å². The minimum atomic E-state index is 0.471. The predicted octanol–water partition coefficient (Wildman–Crippen LogP) is 5.22. The minimum absolute atomic E-state index is 0.471. The Kier molecular flexibility index (Phi) is 6.76. The lowest BCUT2D eigenvalue weighted by Gasteiger charge is -2.11. The van der Waals surface area contributed by atoms with Gasteiger partial charge in [0.1, 0.15) is 11.5 Å². The molecule has 0 bridgehead atoms. The maximum atomic E-state index is 5.48. The van der Waals surface area contributed by atoms with Crippen LogP contribution in [0.1, 0.15) is 17.3 Å². The van der Waals surface area contributed by atoms with Gasteiger partial charge in [-0.3, -0.25) is 4.57 Å². The van der Waals surface area contributed by atoms with Crippen molar-refractivity contribution in [2.45, 2.75) is 17.3 Å². The molecule has 0 atom stereocenters. The summed E-state index contributed by atoms with van der Waals surface area (Å²) in [5, 5.41) is 13.8. The summed E-state index contributed by atoms with van der Waals surface area (Å²) >= 11 is 1.48. The Balaban J connectivity index is 1.40. The van der Waals surface area contributed by atoms with Crippen LogP contribution in [0, 0.1) is 0 Å². The molecular weight excluding hydrogens is 462 g/mol. The highest BCUT2D eigenvalue weighted by Crippen LogP contribution is 2.31. The molecule has 0 saturated heterocycles. The molecule has 35 heavy (non-hydrogen) atoms. The number of hydrogen-bond donors (Lipinski definition) is 0. The van der Waals surface area contributed by atoms with Crippen LogP contribution in [-0.4, -0.2) is 39.1 Å². The lowest BCUT2D eigenvalue weighted by atomic mass is 10.1. The molecule has 0 amide bonds. The Hall–Kier alpha value is -4.11. The van der Waals surface area contributed by atoms with E-state index >= 15 is 0 Å². The smallest absolute Gasteiger partial charge is 0.237 e. The maximum absolute atomic E-state index is 5.48. The molecule has 9 heteroatoms. The summed E-state index contributed by atoms with van der Waals surface area (Å²) in [4.78, 5) is 4.54. The van der Waals surface area contributed by atoms with Crippen LogP contribution in [0.3, 0.4) is 0 Å². The molecule has 2 aromatic heterocycles. The van der Waals surface area contributed by atoms with Crippen LogP contribution in [0.2, 0.25) is 0 Å². The SMILES string of the molecule is COc1ccc(-c2nnc(SCc3nc(Cc4ccccc4)no3)n2-c2ccc(OC)cc2)cc1. The van der Waals surface area contributed by atoms with E-state index in [1.807, 2.05) is 83.4 Å². The lowest BCUT2D eigenvalue weighted by Crippen LogP contribution is -2.00. The fourth-order valence-corrected chi connectivity index (χ4v) is 4.37. The molecule has 3 aromatic carbocycles. The second-order valence-corrected chi connectivity index (χ2v) is 8.57. The van der Waals surface area contributed by atoms with Gasteiger partial charge >= 0.3 is 0 Å². The minimum Gasteiger partial charge on any atom is -0.497 e. The number of aromatic nitrogens is 5. The lowest BCUT2D eigenvalue weighted by molar-refractivity contribution is 0.385. The molecule has 0 spiro atoms. The van der Waals surface area contributed by atoms with Gasteiger partial charge in [0.05, 0.1) is 20.0 Å². The predicted molar refractivity (Wildman–Crippen MR) is 133 cm³/mol. The molecule has 0 saturated carbocycles. The van der Waals surface area contributed by atoms with E-state index in [1.54, 1.807) is 14.2 Å². The molecule has 0 N–H and O–H groups in total. The molecule has 2 heterocycles. The third-order valence-electron chi connectivity index (χ3n) is 5.35. The maximum Gasteiger partial charge on any atom is 0.237 e. The van der Waals surface area contributed by atoms with E-state index in [0.717, 1.165) is 34.1 Å². The first-order valence-corrected chi connectivity index (χ1v) is 11.9. The Morgan fingerprint density at radius 2 is 1.51 bits per heavy atom. The summed E-state index contributed by atoms with van der Waals surface area (Å²) in [5.74, 6) is 3.94. The first kappa shape index (κ1) is 22.7. The summed E-state index contributed by atoms with van der Waals surface area (Å²) in [5.41, 5.74) is 2.97. The zero-order valence-electron chi connectivity index (χ0n) is 19.3. The number of methoxy groups -OCH3 is 2. The van der Waals surface area contributed by atoms with Crippen LogP contribution in [0.4, 0.5) is 0 Å². The molecule has 0 aliphatic carbocycles. The Morgan fingerprint density at radius 3 is 2.20 bits per heavy atom. The summed E-state index contributed by atoms with van der Waals surface area (Å²) in [6.07, 6.45) is 0.624. The molecular formula is C26H23N5O3S. The summed E-state index contributed by atoms with van der Waals surface area (Å²) in [6, 6.07) is 25.6. The number of hydrogen-bond acceptors (Lipinski definition) is 8. The highest BCUT2D eigenvalue weighted by atomic mass is 32.2. The third kappa shape index (κ3) is 5.20. The third-order valence-corrected chi connectivity index (χ3v) is 6.27. The Bertz CT molecular complexity index is 1380. The fourth-order valence-electron chi connectivity index (χ4n) is 3.58. The molecule has 5 aromatic rings. The topological polar surface area (TPSA) is 88.1 Å². The molecule has 0 radical (unpaired) electrons. The average Bonchev–Trinajstić information content (AvgIpc) is 3.55. The summed E-state index contributed by atoms with van der Waals surface area (Å²) in [7, 11) is 3.29. The number of nitrogens with zero attached hydrogens (tertiary/aromatic N) is 5. The quantitative estimate of drug-likeness (QED) is 0.263. The van der Waals surface area contributed by atoms with E-state index in [-0.39, 0.29) is 0 Å². The highest BCUT2D eigenvalue weighted by Gasteiger charge is 2.18. The van der Waals surface area contributed by atoms with Crippen LogP contribution in [0.25, 0.3) is 17.1 Å². The summed E-state index contributed by atoms with van der Waals surface area (Å²) < 4.78 is 18.1. The van der Waals surface area contributed by atoms with E-state index in [1.165, 1.54) is 11.8 Å². The second-order valence-electron chi connectivity index (χ2n) is 7.62. The van der Waals surface area contributed by atoms with Crippen molar-refractivity contribution in [1.29, 1.82) is 0 Å². The second kappa shape index (κ2) is 10.4. The van der Waals surface area contributed by atoms with Gasteiger partial charge < -0.3 is 14.0 Å². The van der Waals surface area contributed by atoms with Crippen LogP contribution in [-0.2, 0) is 12.2 Å². The van der Waals surface area contributed by atoms with Gasteiger partial charge in [-0.1, -0.05) is 47.3 Å². The summed E-state index contributed by atoms with van der Waals surface area (Å²) in [6.45, 7) is 0. The van der Waals surface area contributed by atoms with Gasteiger partial charge in [-0.25, -0.2) is 0 Å². The van der Waals surface area contributed by atoms with Crippen LogP contribution in [0.15, 0.2) is 88.5 Å². The van der Waals surface area contributed by atoms with Crippen LogP contribution < -0.4 is 9.47 Å². The largest absolute Gasteiger partial charge is 0.497 e. The van der Waals surface area contributed by atoms with Crippen LogP contribution >= 0.6 is 11.8 Å². The molecule has 176 valence electrons. The van der Waals surface area contributed by atoms with Gasteiger partial charge in [0, 0.05) is 17.7 Å². The van der Waals surface area contributed by atoms with Crippen molar-refractivity contribution in [2.24, 2.45) is 0 Å². The zero-order valence-corrected chi connectivity index (χ0v) is 20.1. The Labute approximate surface area is 206 Å². The first-order chi connectivity index (χ1) is 17.2. The Morgan fingerprint density at radius 1 is 0.829 bits per heavy atom. The van der Waals surface area contributed by atoms with Gasteiger partial charge in [0.2, 0.25) is 5.89 Å². The van der Waals surface area contributed by atoms with Crippen molar-refractivity contribution < 1.29 is 14.0 Å². The van der Waals surface area contributed by atoms with Gasteiger partial charge in [0.25, 0.3) is 0 Å². The van der Waals surface area contributed by atoms with Gasteiger partial charge in [-0.2, -0.15) is 4.98 Å². The van der Waals surface area contributed by atoms with Crippen molar-refractivity contribution in [3.05, 3.63) is 96.1 Å². The molecule has 0 fully saturated rings. The number of ether oxygens (including phenoxy) is 2. The number of benzene rings is 3. The van der Waals surface area contributed by atoms with Crippen LogP contribution in [0.5, 0.6) is 11.5 Å². The van der Waals surface area contributed by atoms with E-state index < -0.39 is 0 Å². The van der Waals surface area contributed by atoms with E-state index in [4.69, 9.17) is 14.0 Å². The van der Waals surface area contributed by atoms with Crippen molar-refractivity contribution in [3.8, 4) is 28.6 Å². The standard InChI is InChI=1S/C26H23N5O3S/c1-32-21-12-8-19(9-13-21)25-28-29-26(31(25)20-10-14-22(33-2)15-11-20)35-17-24-27-23(30-34-24)16-18-6-4-3-5-7-18/h3-15H,16-17H2,1-2H3. The van der Waals surface area contributed by atoms with Gasteiger partial charge in [0.15, 0.2) is 16.8 Å². The molecule has 0 aliphatic heterocycles. The monoisotopic (exact) mass is 485 g/mol. The van der Waals surface area contributed by atoms with Gasteiger partial charge in [-0.15, -0.1) is 10.2 Å². The number of thioether (sulfide) groups is 1. The number of rotatable bonds is 9. The molecule has 0 unspecified atom stereocenters. The molecule has 0 aliphatic rings. The molecule has 5 rings (SSSR count). The molecule has 8 nitrogen and oxygen atoms in total.